The molecule has 76 valence electrons. The SMILES string of the molecule is Cc1nn(C(C)C)c(C=O)c1[N+](=O)[O-]. The molecule has 1 aromatic rings. The van der Waals surface area contributed by atoms with Crippen LogP contribution >= 0.6 is 0 Å². The molecule has 6 nitrogen and oxygen atoms in total. The molecular weight excluding hydrogens is 186 g/mol. The predicted octanol–water partition coefficient (Wildman–Crippen LogP) is 1.49. The zero-order valence-electron chi connectivity index (χ0n) is 8.22. The molecule has 14 heavy (non-hydrogen) atoms. The largest absolute Gasteiger partial charge is 0.320 e. The molecule has 0 aliphatic rings. The molecule has 0 saturated heterocycles. The van der Waals surface area contributed by atoms with E-state index in [0.29, 0.717) is 6.29 Å². The minimum Gasteiger partial charge on any atom is -0.296 e. The molecule has 6 heteroatoms. The lowest BCUT2D eigenvalue weighted by Crippen LogP contribution is -2.07. The summed E-state index contributed by atoms with van der Waals surface area (Å²) in [6, 6.07) is -0.0670. The number of carbonyl (C=O) groups is 1. The van der Waals surface area contributed by atoms with Crippen molar-refractivity contribution < 1.29 is 9.72 Å². The maximum absolute atomic E-state index is 10.7. The summed E-state index contributed by atoms with van der Waals surface area (Å²) >= 11 is 0. The van der Waals surface area contributed by atoms with Crippen LogP contribution in [-0.2, 0) is 0 Å². The monoisotopic (exact) mass is 197 g/mol. The van der Waals surface area contributed by atoms with Crippen LogP contribution in [0.1, 0.15) is 36.1 Å². The Kier molecular flexibility index (Phi) is 2.64. The molecule has 0 unspecified atom stereocenters. The van der Waals surface area contributed by atoms with Gasteiger partial charge in [-0.25, -0.2) is 0 Å². The lowest BCUT2D eigenvalue weighted by molar-refractivity contribution is -0.385. The zero-order valence-corrected chi connectivity index (χ0v) is 8.22. The Morgan fingerprint density at radius 1 is 1.57 bits per heavy atom. The number of carbonyl (C=O) groups excluding carboxylic acids is 1. The Bertz CT molecular complexity index is 381. The van der Waals surface area contributed by atoms with Gasteiger partial charge in [-0.2, -0.15) is 5.10 Å². The Hall–Kier alpha value is -1.72. The normalized spacial score (nSPS) is 10.6. The number of nitro groups is 1. The van der Waals surface area contributed by atoms with E-state index < -0.39 is 4.92 Å². The summed E-state index contributed by atoms with van der Waals surface area (Å²) in [7, 11) is 0. The van der Waals surface area contributed by atoms with E-state index >= 15 is 0 Å². The molecule has 0 aliphatic carbocycles. The van der Waals surface area contributed by atoms with E-state index in [9.17, 15) is 14.9 Å². The molecule has 0 aromatic carbocycles. The van der Waals surface area contributed by atoms with E-state index in [1.807, 2.05) is 13.8 Å². The Balaban J connectivity index is 3.43. The van der Waals surface area contributed by atoms with E-state index in [1.165, 1.54) is 11.6 Å². The van der Waals surface area contributed by atoms with Gasteiger partial charge in [0.2, 0.25) is 0 Å². The van der Waals surface area contributed by atoms with Crippen LogP contribution in [0.3, 0.4) is 0 Å². The summed E-state index contributed by atoms with van der Waals surface area (Å²) in [4.78, 5) is 20.8. The molecule has 0 saturated carbocycles. The van der Waals surface area contributed by atoms with Gasteiger partial charge in [0.15, 0.2) is 12.0 Å². The molecule has 1 rings (SSSR count). The highest BCUT2D eigenvalue weighted by Gasteiger charge is 2.25. The van der Waals surface area contributed by atoms with E-state index in [0.717, 1.165) is 0 Å². The van der Waals surface area contributed by atoms with Gasteiger partial charge in [0, 0.05) is 6.04 Å². The van der Waals surface area contributed by atoms with Crippen molar-refractivity contribution in [2.24, 2.45) is 0 Å². The Morgan fingerprint density at radius 3 is 2.50 bits per heavy atom. The van der Waals surface area contributed by atoms with Crippen LogP contribution < -0.4 is 0 Å². The molecule has 1 aromatic heterocycles. The van der Waals surface area contributed by atoms with Gasteiger partial charge < -0.3 is 0 Å². The van der Waals surface area contributed by atoms with Gasteiger partial charge in [-0.3, -0.25) is 19.6 Å². The van der Waals surface area contributed by atoms with Crippen molar-refractivity contribution in [3.05, 3.63) is 21.5 Å². The van der Waals surface area contributed by atoms with Crippen LogP contribution in [0.5, 0.6) is 0 Å². The predicted molar refractivity (Wildman–Crippen MR) is 49.4 cm³/mol. The second kappa shape index (κ2) is 3.57. The number of hydrogen-bond acceptors (Lipinski definition) is 4. The molecule has 0 atom stereocenters. The summed E-state index contributed by atoms with van der Waals surface area (Å²) < 4.78 is 1.36. The first-order chi connectivity index (χ1) is 6.49. The summed E-state index contributed by atoms with van der Waals surface area (Å²) in [6.07, 6.45) is 0.470. The molecule has 0 fully saturated rings. The number of rotatable bonds is 3. The fourth-order valence-electron chi connectivity index (χ4n) is 1.29. The van der Waals surface area contributed by atoms with Crippen molar-refractivity contribution in [1.29, 1.82) is 0 Å². The lowest BCUT2D eigenvalue weighted by Gasteiger charge is -2.05. The van der Waals surface area contributed by atoms with Crippen LogP contribution in [0.15, 0.2) is 0 Å². The van der Waals surface area contributed by atoms with Crippen LogP contribution in [0.2, 0.25) is 0 Å². The lowest BCUT2D eigenvalue weighted by atomic mass is 10.3. The third-order valence-corrected chi connectivity index (χ3v) is 1.87. The van der Waals surface area contributed by atoms with Gasteiger partial charge in [0.05, 0.1) is 4.92 Å². The second-order valence-corrected chi connectivity index (χ2v) is 3.23. The first kappa shape index (κ1) is 10.4. The highest BCUT2D eigenvalue weighted by atomic mass is 16.6. The maximum Gasteiger partial charge on any atom is 0.320 e. The molecule has 0 bridgehead atoms. The van der Waals surface area contributed by atoms with E-state index in [1.54, 1.807) is 0 Å². The van der Waals surface area contributed by atoms with Gasteiger partial charge >= 0.3 is 5.69 Å². The number of hydrogen-bond donors (Lipinski definition) is 0. The van der Waals surface area contributed by atoms with Gasteiger partial charge in [-0.1, -0.05) is 0 Å². The van der Waals surface area contributed by atoms with Crippen molar-refractivity contribution in [3.63, 3.8) is 0 Å². The van der Waals surface area contributed by atoms with E-state index in [4.69, 9.17) is 0 Å². The van der Waals surface area contributed by atoms with Crippen molar-refractivity contribution >= 4 is 12.0 Å². The average molecular weight is 197 g/mol. The van der Waals surface area contributed by atoms with Gasteiger partial charge in [-0.05, 0) is 20.8 Å². The zero-order chi connectivity index (χ0) is 10.9. The molecule has 0 aliphatic heterocycles. The minimum atomic E-state index is -0.578. The number of aldehydes is 1. The third kappa shape index (κ3) is 1.50. The van der Waals surface area contributed by atoms with Gasteiger partial charge in [0.25, 0.3) is 0 Å². The molecular formula is C8H11N3O3. The highest BCUT2D eigenvalue weighted by Crippen LogP contribution is 2.23. The number of nitrogens with zero attached hydrogens (tertiary/aromatic N) is 3. The maximum atomic E-state index is 10.7. The van der Waals surface area contributed by atoms with E-state index in [-0.39, 0.29) is 23.1 Å². The van der Waals surface area contributed by atoms with Gasteiger partial charge in [0.1, 0.15) is 5.69 Å². The Morgan fingerprint density at radius 2 is 2.14 bits per heavy atom. The van der Waals surface area contributed by atoms with Crippen molar-refractivity contribution in [1.82, 2.24) is 9.78 Å². The number of aromatic nitrogens is 2. The fraction of sp³-hybridized carbons (Fsp3) is 0.500. The molecule has 0 spiro atoms. The smallest absolute Gasteiger partial charge is 0.296 e. The van der Waals surface area contributed by atoms with Crippen LogP contribution in [-0.4, -0.2) is 21.0 Å². The van der Waals surface area contributed by atoms with Crippen LogP contribution in [0.25, 0.3) is 0 Å². The molecule has 0 amide bonds. The minimum absolute atomic E-state index is 0.0301. The average Bonchev–Trinajstić information content (AvgIpc) is 2.41. The second-order valence-electron chi connectivity index (χ2n) is 3.23. The summed E-state index contributed by atoms with van der Waals surface area (Å²) in [5, 5.41) is 14.6. The first-order valence-corrected chi connectivity index (χ1v) is 4.17. The first-order valence-electron chi connectivity index (χ1n) is 4.17. The summed E-state index contributed by atoms with van der Waals surface area (Å²) in [5.41, 5.74) is 0.0991. The quantitative estimate of drug-likeness (QED) is 0.417. The van der Waals surface area contributed by atoms with E-state index in [2.05, 4.69) is 5.10 Å². The third-order valence-electron chi connectivity index (χ3n) is 1.87. The van der Waals surface area contributed by atoms with Crippen molar-refractivity contribution in [2.75, 3.05) is 0 Å². The van der Waals surface area contributed by atoms with Crippen molar-refractivity contribution in [3.8, 4) is 0 Å². The molecule has 0 N–H and O–H groups in total. The van der Waals surface area contributed by atoms with Crippen LogP contribution in [0.4, 0.5) is 5.69 Å². The fourth-order valence-corrected chi connectivity index (χ4v) is 1.29. The van der Waals surface area contributed by atoms with Crippen LogP contribution in [0, 0.1) is 17.0 Å². The topological polar surface area (TPSA) is 78.0 Å². The van der Waals surface area contributed by atoms with Gasteiger partial charge in [-0.15, -0.1) is 0 Å². The molecule has 1 heterocycles. The Labute approximate surface area is 80.7 Å². The highest BCUT2D eigenvalue weighted by molar-refractivity contribution is 5.79. The number of aryl methyl sites for hydroxylation is 1. The molecule has 0 radical (unpaired) electrons. The standard InChI is InChI=1S/C8H11N3O3/c1-5(2)10-7(4-12)8(11(13)14)6(3)9-10/h4-5H,1-3H3. The summed E-state index contributed by atoms with van der Waals surface area (Å²) in [5.74, 6) is 0. The summed E-state index contributed by atoms with van der Waals surface area (Å²) in [6.45, 7) is 5.14. The van der Waals surface area contributed by atoms with Crippen molar-refractivity contribution in [2.45, 2.75) is 26.8 Å².